The zero-order chi connectivity index (χ0) is 10.6. The van der Waals surface area contributed by atoms with Crippen LogP contribution < -0.4 is 15.3 Å². The van der Waals surface area contributed by atoms with Crippen molar-refractivity contribution in [2.45, 2.75) is 18.4 Å². The molecule has 74 valence electrons. The van der Waals surface area contributed by atoms with Gasteiger partial charge in [0.05, 0.1) is 5.97 Å². The number of rotatable bonds is 5. The average molecular weight is 278 g/mol. The Morgan fingerprint density at radius 1 is 1.00 bits per heavy atom. The summed E-state index contributed by atoms with van der Waals surface area (Å²) >= 11 is 0. The molecule has 0 aromatic rings. The Morgan fingerprint density at radius 2 is 1.29 bits per heavy atom. The Kier molecular flexibility index (Phi) is 6.88. The first-order valence-corrected chi connectivity index (χ1v) is 3.11. The van der Waals surface area contributed by atoms with Crippen LogP contribution in [0.1, 0.15) is 12.8 Å². The second kappa shape index (κ2) is 6.05. The van der Waals surface area contributed by atoms with Crippen molar-refractivity contribution in [1.29, 1.82) is 0 Å². The molecule has 0 aliphatic carbocycles. The molecule has 0 radical (unpaired) electrons. The van der Waals surface area contributed by atoms with Crippen LogP contribution in [0.5, 0.6) is 0 Å². The van der Waals surface area contributed by atoms with Gasteiger partial charge >= 0.3 is 32.7 Å². The van der Waals surface area contributed by atoms with Crippen LogP contribution in [-0.4, -0.2) is 28.6 Å². The molecular weight excluding hydrogens is 273 g/mol. The summed E-state index contributed by atoms with van der Waals surface area (Å²) in [6.45, 7) is 0. The van der Waals surface area contributed by atoms with Crippen molar-refractivity contribution >= 4 is 17.9 Å². The molecule has 0 fully saturated rings. The molecule has 0 bridgehead atoms. The van der Waals surface area contributed by atoms with Crippen molar-refractivity contribution in [3.8, 4) is 0 Å². The van der Waals surface area contributed by atoms with Gasteiger partial charge in [0.25, 0.3) is 0 Å². The molecule has 8 heteroatoms. The van der Waals surface area contributed by atoms with Gasteiger partial charge in [0.15, 0.2) is 0 Å². The minimum absolute atomic E-state index is 0. The van der Waals surface area contributed by atoms with Crippen molar-refractivity contribution in [2.24, 2.45) is 0 Å². The number of aliphatic hydroxyl groups is 1. The Morgan fingerprint density at radius 3 is 1.43 bits per heavy atom. The van der Waals surface area contributed by atoms with Gasteiger partial charge in [0, 0.05) is 24.8 Å². The van der Waals surface area contributed by atoms with E-state index in [-0.39, 0.29) is 32.7 Å². The number of carboxylic acid groups (broad SMARTS) is 3. The van der Waals surface area contributed by atoms with Crippen LogP contribution in [0.25, 0.3) is 0 Å². The monoisotopic (exact) mass is 278 g/mol. The molecule has 0 aliphatic rings. The van der Waals surface area contributed by atoms with Crippen molar-refractivity contribution in [3.63, 3.8) is 0 Å². The summed E-state index contributed by atoms with van der Waals surface area (Å²) in [6.07, 6.45) is -2.72. The predicted octanol–water partition coefficient (Wildman–Crippen LogP) is -5.26. The van der Waals surface area contributed by atoms with E-state index in [1.54, 1.807) is 0 Å². The van der Waals surface area contributed by atoms with E-state index in [9.17, 15) is 29.7 Å². The van der Waals surface area contributed by atoms with Crippen molar-refractivity contribution in [2.75, 3.05) is 0 Å². The molecule has 0 atom stereocenters. The van der Waals surface area contributed by atoms with E-state index in [1.807, 2.05) is 0 Å². The molecule has 0 saturated heterocycles. The first kappa shape index (κ1) is 15.9. The third-order valence-electron chi connectivity index (χ3n) is 1.25. The van der Waals surface area contributed by atoms with E-state index in [2.05, 4.69) is 0 Å². The van der Waals surface area contributed by atoms with Gasteiger partial charge < -0.3 is 34.8 Å². The summed E-state index contributed by atoms with van der Waals surface area (Å²) in [4.78, 5) is 30.0. The van der Waals surface area contributed by atoms with Crippen molar-refractivity contribution in [3.05, 3.63) is 0 Å². The van der Waals surface area contributed by atoms with E-state index in [4.69, 9.17) is 5.11 Å². The molecule has 0 spiro atoms. The molecule has 0 amide bonds. The largest absolute Gasteiger partial charge is 3.00 e. The smallest absolute Gasteiger partial charge is 0.550 e. The van der Waals surface area contributed by atoms with E-state index >= 15 is 0 Å². The van der Waals surface area contributed by atoms with E-state index in [0.29, 0.717) is 0 Å². The minimum Gasteiger partial charge on any atom is -0.550 e. The molecule has 1 N–H and O–H groups in total. The molecule has 0 rings (SSSR count). The van der Waals surface area contributed by atoms with E-state index in [1.165, 1.54) is 0 Å². The molecular formula is C6H5O7Y. The minimum atomic E-state index is -2.97. The van der Waals surface area contributed by atoms with Crippen LogP contribution in [-0.2, 0) is 47.1 Å². The van der Waals surface area contributed by atoms with Crippen molar-refractivity contribution in [1.82, 2.24) is 0 Å². The first-order chi connectivity index (χ1) is 5.78. The molecule has 0 unspecified atom stereocenters. The zero-order valence-corrected chi connectivity index (χ0v) is 9.73. The van der Waals surface area contributed by atoms with Crippen LogP contribution in [0, 0.1) is 0 Å². The molecule has 14 heavy (non-hydrogen) atoms. The van der Waals surface area contributed by atoms with Gasteiger partial charge in [0.2, 0.25) is 0 Å². The molecule has 0 aromatic carbocycles. The number of hydrogen-bond donors (Lipinski definition) is 1. The molecule has 0 saturated carbocycles. The van der Waals surface area contributed by atoms with Crippen LogP contribution in [0.3, 0.4) is 0 Å². The second-order valence-electron chi connectivity index (χ2n) is 2.42. The maximum Gasteiger partial charge on any atom is 3.00 e. The van der Waals surface area contributed by atoms with E-state index < -0.39 is 36.4 Å². The summed E-state index contributed by atoms with van der Waals surface area (Å²) < 4.78 is 0. The number of carboxylic acids is 3. The van der Waals surface area contributed by atoms with Crippen molar-refractivity contribution < 1.29 is 67.5 Å². The van der Waals surface area contributed by atoms with Crippen LogP contribution in [0.15, 0.2) is 0 Å². The number of carbonyl (C=O) groups excluding carboxylic acids is 3. The molecule has 0 aliphatic heterocycles. The number of carbonyl (C=O) groups is 3. The standard InChI is InChI=1S/C6H8O7.Y/c7-3(8)1-6(13,5(11)12)2-4(9)10;/h13H,1-2H2,(H,7,8)(H,9,10)(H,11,12);/q;+3/p-3. The Bertz CT molecular complexity index is 233. The summed E-state index contributed by atoms with van der Waals surface area (Å²) in [5.41, 5.74) is -2.97. The van der Waals surface area contributed by atoms with Gasteiger partial charge in [0.1, 0.15) is 5.60 Å². The van der Waals surface area contributed by atoms with Crippen LogP contribution in [0.4, 0.5) is 0 Å². The van der Waals surface area contributed by atoms with Gasteiger partial charge in [-0.1, -0.05) is 0 Å². The first-order valence-electron chi connectivity index (χ1n) is 3.11. The second-order valence-corrected chi connectivity index (χ2v) is 2.42. The molecule has 0 aromatic heterocycles. The Labute approximate surface area is 104 Å². The summed E-state index contributed by atoms with van der Waals surface area (Å²) in [6, 6.07) is 0. The SMILES string of the molecule is O=C([O-])CC(O)(CC(=O)[O-])C(=O)[O-].[Y+3]. The summed E-state index contributed by atoms with van der Waals surface area (Å²) in [7, 11) is 0. The average Bonchev–Trinajstić information content (AvgIpc) is 1.82. The van der Waals surface area contributed by atoms with Crippen LogP contribution >= 0.6 is 0 Å². The number of hydrogen-bond acceptors (Lipinski definition) is 7. The summed E-state index contributed by atoms with van der Waals surface area (Å²) in [5.74, 6) is -5.98. The molecule has 0 heterocycles. The summed E-state index contributed by atoms with van der Waals surface area (Å²) in [5, 5.41) is 38.9. The third-order valence-corrected chi connectivity index (χ3v) is 1.25. The Hall–Kier alpha value is -0.526. The fourth-order valence-electron chi connectivity index (χ4n) is 0.684. The predicted molar refractivity (Wildman–Crippen MR) is 29.2 cm³/mol. The Balaban J connectivity index is 0. The van der Waals surface area contributed by atoms with Gasteiger partial charge in [-0.3, -0.25) is 0 Å². The van der Waals surface area contributed by atoms with Gasteiger partial charge in [-0.15, -0.1) is 0 Å². The zero-order valence-electron chi connectivity index (χ0n) is 6.89. The fraction of sp³-hybridized carbons (Fsp3) is 0.500. The molecule has 7 nitrogen and oxygen atoms in total. The normalized spacial score (nSPS) is 10.1. The quantitative estimate of drug-likeness (QED) is 0.529. The van der Waals surface area contributed by atoms with E-state index in [0.717, 1.165) is 0 Å². The topological polar surface area (TPSA) is 141 Å². The maximum absolute atomic E-state index is 10.1. The fourth-order valence-corrected chi connectivity index (χ4v) is 0.684. The van der Waals surface area contributed by atoms with Gasteiger partial charge in [-0.25, -0.2) is 0 Å². The third kappa shape index (κ3) is 5.26. The van der Waals surface area contributed by atoms with Crippen LogP contribution in [0.2, 0.25) is 0 Å². The van der Waals surface area contributed by atoms with Gasteiger partial charge in [-0.2, -0.15) is 0 Å². The van der Waals surface area contributed by atoms with Gasteiger partial charge in [-0.05, 0) is 0 Å². The maximum atomic E-state index is 10.1. The number of aliphatic carboxylic acids is 3.